The second-order valence-electron chi connectivity index (χ2n) is 9.15. The monoisotopic (exact) mass is 304 g/mol. The van der Waals surface area contributed by atoms with Gasteiger partial charge < -0.3 is 9.84 Å². The molecule has 0 saturated heterocycles. The summed E-state index contributed by atoms with van der Waals surface area (Å²) < 4.78 is 5.65. The minimum absolute atomic E-state index is 0.0452. The predicted octanol–water partition coefficient (Wildman–Crippen LogP) is 4.33. The van der Waals surface area contributed by atoms with E-state index < -0.39 is 0 Å². The van der Waals surface area contributed by atoms with Gasteiger partial charge in [-0.3, -0.25) is 0 Å². The first-order valence-corrected chi connectivity index (χ1v) is 9.37. The number of methoxy groups -OCH3 is 1. The van der Waals surface area contributed by atoms with Crippen molar-refractivity contribution in [1.82, 2.24) is 0 Å². The highest BCUT2D eigenvalue weighted by Gasteiger charge is 2.57. The lowest BCUT2D eigenvalue weighted by molar-refractivity contribution is -0.0409. The van der Waals surface area contributed by atoms with Gasteiger partial charge in [-0.15, -0.1) is 0 Å². The van der Waals surface area contributed by atoms with Gasteiger partial charge in [-0.05, 0) is 80.0 Å². The molecule has 1 N–H and O–H groups in total. The van der Waals surface area contributed by atoms with Crippen molar-refractivity contribution in [2.75, 3.05) is 7.11 Å². The van der Waals surface area contributed by atoms with Gasteiger partial charge in [0.05, 0.1) is 12.2 Å². The first-order valence-electron chi connectivity index (χ1n) is 9.37. The number of aliphatic hydroxyl groups is 1. The molecule has 0 heterocycles. The van der Waals surface area contributed by atoms with Crippen LogP contribution in [0.2, 0.25) is 0 Å². The summed E-state index contributed by atoms with van der Waals surface area (Å²) in [6, 6.07) is 0. The van der Waals surface area contributed by atoms with Gasteiger partial charge in [0.15, 0.2) is 0 Å². The largest absolute Gasteiger partial charge is 0.393 e. The van der Waals surface area contributed by atoms with Gasteiger partial charge in [-0.25, -0.2) is 0 Å². The van der Waals surface area contributed by atoms with E-state index in [4.69, 9.17) is 4.74 Å². The van der Waals surface area contributed by atoms with E-state index in [0.717, 1.165) is 37.0 Å². The number of aliphatic hydroxyl groups excluding tert-OH is 1. The van der Waals surface area contributed by atoms with Crippen LogP contribution in [0.3, 0.4) is 0 Å². The topological polar surface area (TPSA) is 29.5 Å². The summed E-state index contributed by atoms with van der Waals surface area (Å²) in [4.78, 5) is 0. The summed E-state index contributed by atoms with van der Waals surface area (Å²) in [6.07, 6.45) is 12.7. The van der Waals surface area contributed by atoms with Crippen molar-refractivity contribution in [3.05, 3.63) is 11.6 Å². The zero-order valence-electron chi connectivity index (χ0n) is 14.5. The Morgan fingerprint density at radius 1 is 1.18 bits per heavy atom. The Bertz CT molecular complexity index is 484. The second-order valence-corrected chi connectivity index (χ2v) is 9.15. The molecule has 0 aromatic carbocycles. The highest BCUT2D eigenvalue weighted by molar-refractivity contribution is 5.25. The maximum Gasteiger partial charge on any atom is 0.0608 e. The van der Waals surface area contributed by atoms with Crippen LogP contribution in [0.1, 0.15) is 65.2 Å². The number of fused-ring (bicyclic) bond motifs is 5. The van der Waals surface area contributed by atoms with Gasteiger partial charge in [0.25, 0.3) is 0 Å². The Kier molecular flexibility index (Phi) is 3.51. The molecule has 0 amide bonds. The summed E-state index contributed by atoms with van der Waals surface area (Å²) in [5.74, 6) is 2.40. The first-order chi connectivity index (χ1) is 10.5. The molecule has 0 bridgehead atoms. The van der Waals surface area contributed by atoms with Crippen LogP contribution in [0.25, 0.3) is 0 Å². The Morgan fingerprint density at radius 3 is 2.77 bits per heavy atom. The molecule has 2 heteroatoms. The maximum absolute atomic E-state index is 10.2. The third-order valence-corrected chi connectivity index (χ3v) is 8.14. The second kappa shape index (κ2) is 5.08. The van der Waals surface area contributed by atoms with Gasteiger partial charge >= 0.3 is 0 Å². The van der Waals surface area contributed by atoms with E-state index in [-0.39, 0.29) is 6.10 Å². The van der Waals surface area contributed by atoms with Gasteiger partial charge in [0.2, 0.25) is 0 Å². The molecule has 0 unspecified atom stereocenters. The SMILES string of the molecule is CO[C@H]1CC[C@@]2(C)C(=CC[C@H]3[C@@H]4C[C@@H](O)C[C@@]4(C)CC[C@@H]32)C1. The molecule has 4 rings (SSSR count). The minimum atomic E-state index is -0.0452. The molecule has 0 spiro atoms. The van der Waals surface area contributed by atoms with Crippen LogP contribution in [0.15, 0.2) is 11.6 Å². The molecule has 3 fully saturated rings. The van der Waals surface area contributed by atoms with E-state index in [1.165, 1.54) is 32.1 Å². The lowest BCUT2D eigenvalue weighted by atomic mass is 9.48. The third kappa shape index (κ3) is 2.06. The number of hydrogen-bond acceptors (Lipinski definition) is 2. The summed E-state index contributed by atoms with van der Waals surface area (Å²) >= 11 is 0. The zero-order valence-corrected chi connectivity index (χ0v) is 14.5. The van der Waals surface area contributed by atoms with E-state index in [9.17, 15) is 5.11 Å². The van der Waals surface area contributed by atoms with Crippen molar-refractivity contribution >= 4 is 0 Å². The average molecular weight is 304 g/mol. The van der Waals surface area contributed by atoms with Crippen molar-refractivity contribution in [3.8, 4) is 0 Å². The van der Waals surface area contributed by atoms with Crippen molar-refractivity contribution in [2.24, 2.45) is 28.6 Å². The van der Waals surface area contributed by atoms with Gasteiger partial charge in [0.1, 0.15) is 0 Å². The normalized spacial score (nSPS) is 54.2. The lowest BCUT2D eigenvalue weighted by Gasteiger charge is -2.57. The van der Waals surface area contributed by atoms with Gasteiger partial charge in [0, 0.05) is 7.11 Å². The number of allylic oxidation sites excluding steroid dienone is 1. The molecular weight excluding hydrogens is 272 g/mol. The van der Waals surface area contributed by atoms with Crippen LogP contribution in [0.4, 0.5) is 0 Å². The highest BCUT2D eigenvalue weighted by Crippen LogP contribution is 2.64. The molecular formula is C20H32O2. The number of rotatable bonds is 1. The van der Waals surface area contributed by atoms with E-state index in [1.54, 1.807) is 5.57 Å². The molecule has 4 aliphatic carbocycles. The maximum atomic E-state index is 10.2. The Balaban J connectivity index is 1.64. The summed E-state index contributed by atoms with van der Waals surface area (Å²) in [5, 5.41) is 10.2. The van der Waals surface area contributed by atoms with Crippen LogP contribution < -0.4 is 0 Å². The minimum Gasteiger partial charge on any atom is -0.393 e. The fourth-order valence-electron chi connectivity index (χ4n) is 6.85. The third-order valence-electron chi connectivity index (χ3n) is 8.14. The van der Waals surface area contributed by atoms with Gasteiger partial charge in [-0.1, -0.05) is 25.5 Å². The van der Waals surface area contributed by atoms with Crippen LogP contribution in [0.5, 0.6) is 0 Å². The van der Waals surface area contributed by atoms with E-state index in [1.807, 2.05) is 7.11 Å². The summed E-state index contributed by atoms with van der Waals surface area (Å²) in [6.45, 7) is 4.99. The molecule has 22 heavy (non-hydrogen) atoms. The van der Waals surface area contributed by atoms with Crippen LogP contribution in [-0.2, 0) is 4.74 Å². The van der Waals surface area contributed by atoms with Crippen molar-refractivity contribution < 1.29 is 9.84 Å². The van der Waals surface area contributed by atoms with Crippen LogP contribution in [0, 0.1) is 28.6 Å². The molecule has 0 aromatic heterocycles. The number of hydrogen-bond donors (Lipinski definition) is 1. The lowest BCUT2D eigenvalue weighted by Crippen LogP contribution is -2.49. The highest BCUT2D eigenvalue weighted by atomic mass is 16.5. The molecule has 0 aromatic rings. The summed E-state index contributed by atoms with van der Waals surface area (Å²) in [5.41, 5.74) is 2.51. The summed E-state index contributed by atoms with van der Waals surface area (Å²) in [7, 11) is 1.87. The molecule has 4 aliphatic rings. The van der Waals surface area contributed by atoms with Gasteiger partial charge in [-0.2, -0.15) is 0 Å². The van der Waals surface area contributed by atoms with E-state index in [0.29, 0.717) is 16.9 Å². The Morgan fingerprint density at radius 2 is 2.00 bits per heavy atom. The van der Waals surface area contributed by atoms with Crippen LogP contribution >= 0.6 is 0 Å². The zero-order chi connectivity index (χ0) is 15.5. The molecule has 0 radical (unpaired) electrons. The fourth-order valence-corrected chi connectivity index (χ4v) is 6.85. The van der Waals surface area contributed by atoms with Crippen LogP contribution in [-0.4, -0.2) is 24.4 Å². The quantitative estimate of drug-likeness (QED) is 0.731. The first kappa shape index (κ1) is 15.2. The van der Waals surface area contributed by atoms with E-state index in [2.05, 4.69) is 19.9 Å². The predicted molar refractivity (Wildman–Crippen MR) is 88.5 cm³/mol. The van der Waals surface area contributed by atoms with Crippen molar-refractivity contribution in [2.45, 2.75) is 77.4 Å². The Labute approximate surface area is 135 Å². The van der Waals surface area contributed by atoms with Crippen molar-refractivity contribution in [3.63, 3.8) is 0 Å². The molecule has 0 aliphatic heterocycles. The number of ether oxygens (including phenoxy) is 1. The molecule has 3 saturated carbocycles. The average Bonchev–Trinajstić information content (AvgIpc) is 2.80. The smallest absolute Gasteiger partial charge is 0.0608 e. The fraction of sp³-hybridized carbons (Fsp3) is 0.900. The standard InChI is InChI=1S/C20H32O2/c1-19-8-7-17-16(18(19)11-14(21)12-19)5-4-13-10-15(22-3)6-9-20(13,17)2/h4,14-18,21H,5-12H2,1-3H3/t14-,15+,16-,17+,18+,19-,20+/m1/s1. The molecule has 7 atom stereocenters. The van der Waals surface area contributed by atoms with Crippen molar-refractivity contribution in [1.29, 1.82) is 0 Å². The Hall–Kier alpha value is -0.340. The molecule has 2 nitrogen and oxygen atoms in total. The molecule has 124 valence electrons. The van der Waals surface area contributed by atoms with E-state index >= 15 is 0 Å².